The standard InChI is InChI=1S/C13H13FN4S/c1-2-18-7-6-15-13(18)19-8-11-16-10-5-3-4-9(14)12(10)17-11/h3-7H,2,8H2,1H3,(H,16,17). The Bertz CT molecular complexity index is 704. The summed E-state index contributed by atoms with van der Waals surface area (Å²) in [5.74, 6) is 1.11. The first-order chi connectivity index (χ1) is 9.28. The van der Waals surface area contributed by atoms with Gasteiger partial charge in [-0.3, -0.25) is 0 Å². The summed E-state index contributed by atoms with van der Waals surface area (Å²) in [4.78, 5) is 11.7. The lowest BCUT2D eigenvalue weighted by molar-refractivity contribution is 0.637. The van der Waals surface area contributed by atoms with Gasteiger partial charge in [0, 0.05) is 18.9 Å². The van der Waals surface area contributed by atoms with Crippen LogP contribution in [-0.2, 0) is 12.3 Å². The number of hydrogen-bond donors (Lipinski definition) is 1. The summed E-state index contributed by atoms with van der Waals surface area (Å²) in [5.41, 5.74) is 1.13. The highest BCUT2D eigenvalue weighted by Gasteiger charge is 2.08. The van der Waals surface area contributed by atoms with Crippen LogP contribution in [0.2, 0.25) is 0 Å². The predicted octanol–water partition coefficient (Wildman–Crippen LogP) is 3.21. The summed E-state index contributed by atoms with van der Waals surface area (Å²) >= 11 is 1.59. The molecule has 0 aliphatic carbocycles. The molecule has 0 fully saturated rings. The predicted molar refractivity (Wildman–Crippen MR) is 73.5 cm³/mol. The molecular weight excluding hydrogens is 263 g/mol. The molecule has 98 valence electrons. The van der Waals surface area contributed by atoms with Gasteiger partial charge in [0.1, 0.15) is 11.3 Å². The molecular formula is C13H13FN4S. The molecule has 0 aliphatic rings. The first kappa shape index (κ1) is 12.2. The lowest BCUT2D eigenvalue weighted by atomic mass is 10.3. The number of rotatable bonds is 4. The topological polar surface area (TPSA) is 46.5 Å². The molecule has 0 bridgehead atoms. The van der Waals surface area contributed by atoms with E-state index in [1.807, 2.05) is 12.3 Å². The highest BCUT2D eigenvalue weighted by atomic mass is 32.2. The molecule has 0 saturated carbocycles. The van der Waals surface area contributed by atoms with E-state index in [0.717, 1.165) is 23.0 Å². The zero-order chi connectivity index (χ0) is 13.2. The maximum absolute atomic E-state index is 13.5. The van der Waals surface area contributed by atoms with E-state index in [4.69, 9.17) is 0 Å². The largest absolute Gasteiger partial charge is 0.341 e. The van der Waals surface area contributed by atoms with Crippen molar-refractivity contribution in [2.75, 3.05) is 0 Å². The highest BCUT2D eigenvalue weighted by Crippen LogP contribution is 2.22. The minimum atomic E-state index is -0.292. The summed E-state index contributed by atoms with van der Waals surface area (Å²) in [7, 11) is 0. The molecule has 1 aromatic carbocycles. The summed E-state index contributed by atoms with van der Waals surface area (Å²) in [6.07, 6.45) is 3.73. The van der Waals surface area contributed by atoms with Gasteiger partial charge in [-0.25, -0.2) is 14.4 Å². The number of hydrogen-bond acceptors (Lipinski definition) is 3. The Morgan fingerprint density at radius 2 is 2.32 bits per heavy atom. The molecule has 4 nitrogen and oxygen atoms in total. The monoisotopic (exact) mass is 276 g/mol. The number of fused-ring (bicyclic) bond motifs is 1. The first-order valence-electron chi connectivity index (χ1n) is 6.05. The van der Waals surface area contributed by atoms with Gasteiger partial charge in [0.05, 0.1) is 11.3 Å². The van der Waals surface area contributed by atoms with Crippen LogP contribution in [0.15, 0.2) is 35.7 Å². The molecule has 19 heavy (non-hydrogen) atoms. The summed E-state index contributed by atoms with van der Waals surface area (Å²) in [6.45, 7) is 2.96. The van der Waals surface area contributed by atoms with Gasteiger partial charge < -0.3 is 9.55 Å². The SMILES string of the molecule is CCn1ccnc1SCc1nc2c(F)cccc2[nH]1. The summed E-state index contributed by atoms with van der Waals surface area (Å²) in [6, 6.07) is 4.92. The molecule has 0 radical (unpaired) electrons. The second-order valence-corrected chi connectivity index (χ2v) is 5.05. The van der Waals surface area contributed by atoms with Crippen LogP contribution in [0.4, 0.5) is 4.39 Å². The van der Waals surface area contributed by atoms with Crippen molar-refractivity contribution >= 4 is 22.8 Å². The number of imidazole rings is 2. The summed E-state index contributed by atoms with van der Waals surface area (Å²) in [5, 5.41) is 0.948. The third kappa shape index (κ3) is 2.35. The number of thioether (sulfide) groups is 1. The van der Waals surface area contributed by atoms with Crippen molar-refractivity contribution in [3.63, 3.8) is 0 Å². The van der Waals surface area contributed by atoms with Gasteiger partial charge in [-0.2, -0.15) is 0 Å². The van der Waals surface area contributed by atoms with Crippen molar-refractivity contribution < 1.29 is 4.39 Å². The number of halogens is 1. The van der Waals surface area contributed by atoms with Gasteiger partial charge in [0.2, 0.25) is 0 Å². The number of para-hydroxylation sites is 1. The van der Waals surface area contributed by atoms with E-state index in [1.54, 1.807) is 24.0 Å². The Morgan fingerprint density at radius 1 is 1.42 bits per heavy atom. The van der Waals surface area contributed by atoms with E-state index in [9.17, 15) is 4.39 Å². The fourth-order valence-electron chi connectivity index (χ4n) is 1.93. The zero-order valence-corrected chi connectivity index (χ0v) is 11.2. The molecule has 0 atom stereocenters. The second-order valence-electron chi connectivity index (χ2n) is 4.10. The normalized spacial score (nSPS) is 11.3. The Balaban J connectivity index is 1.80. The lowest BCUT2D eigenvalue weighted by Gasteiger charge is -2.02. The number of nitrogens with one attached hydrogen (secondary N) is 1. The number of aromatic amines is 1. The highest BCUT2D eigenvalue weighted by molar-refractivity contribution is 7.98. The molecule has 6 heteroatoms. The van der Waals surface area contributed by atoms with Crippen molar-refractivity contribution in [3.8, 4) is 0 Å². The van der Waals surface area contributed by atoms with Crippen molar-refractivity contribution in [1.29, 1.82) is 0 Å². The van der Waals surface area contributed by atoms with Crippen LogP contribution >= 0.6 is 11.8 Å². The van der Waals surface area contributed by atoms with E-state index in [0.29, 0.717) is 11.3 Å². The van der Waals surface area contributed by atoms with Crippen LogP contribution < -0.4 is 0 Å². The number of nitrogens with zero attached hydrogens (tertiary/aromatic N) is 3. The van der Waals surface area contributed by atoms with E-state index >= 15 is 0 Å². The summed E-state index contributed by atoms with van der Waals surface area (Å²) < 4.78 is 15.6. The number of aromatic nitrogens is 4. The Hall–Kier alpha value is -1.82. The van der Waals surface area contributed by atoms with Crippen molar-refractivity contribution in [2.45, 2.75) is 24.4 Å². The van der Waals surface area contributed by atoms with Gasteiger partial charge in [0.25, 0.3) is 0 Å². The minimum Gasteiger partial charge on any atom is -0.341 e. The molecule has 0 spiro atoms. The molecule has 3 aromatic rings. The van der Waals surface area contributed by atoms with Gasteiger partial charge in [-0.05, 0) is 19.1 Å². The fraction of sp³-hybridized carbons (Fsp3) is 0.231. The molecule has 0 aliphatic heterocycles. The van der Waals surface area contributed by atoms with Crippen LogP contribution in [-0.4, -0.2) is 19.5 Å². The molecule has 2 heterocycles. The second kappa shape index (κ2) is 5.05. The first-order valence-corrected chi connectivity index (χ1v) is 7.03. The van der Waals surface area contributed by atoms with E-state index in [-0.39, 0.29) is 5.82 Å². The zero-order valence-electron chi connectivity index (χ0n) is 10.4. The van der Waals surface area contributed by atoms with Crippen LogP contribution in [0.5, 0.6) is 0 Å². The smallest absolute Gasteiger partial charge is 0.168 e. The lowest BCUT2D eigenvalue weighted by Crippen LogP contribution is -1.95. The van der Waals surface area contributed by atoms with Crippen LogP contribution in [0.25, 0.3) is 11.0 Å². The molecule has 1 N–H and O–H groups in total. The Morgan fingerprint density at radius 3 is 3.11 bits per heavy atom. The van der Waals surface area contributed by atoms with Gasteiger partial charge >= 0.3 is 0 Å². The quantitative estimate of drug-likeness (QED) is 0.744. The van der Waals surface area contributed by atoms with Gasteiger partial charge in [-0.15, -0.1) is 0 Å². The average molecular weight is 276 g/mol. The third-order valence-corrected chi connectivity index (χ3v) is 3.88. The maximum atomic E-state index is 13.5. The molecule has 0 unspecified atom stereocenters. The molecule has 3 rings (SSSR count). The van der Waals surface area contributed by atoms with E-state index < -0.39 is 0 Å². The number of benzene rings is 1. The van der Waals surface area contributed by atoms with Gasteiger partial charge in [0.15, 0.2) is 11.0 Å². The maximum Gasteiger partial charge on any atom is 0.168 e. The van der Waals surface area contributed by atoms with Crippen LogP contribution in [0, 0.1) is 5.82 Å². The number of aryl methyl sites for hydroxylation is 1. The van der Waals surface area contributed by atoms with Crippen LogP contribution in [0.3, 0.4) is 0 Å². The Labute approximate surface area is 114 Å². The third-order valence-electron chi connectivity index (χ3n) is 2.87. The number of H-pyrrole nitrogens is 1. The van der Waals surface area contributed by atoms with Gasteiger partial charge in [-0.1, -0.05) is 17.8 Å². The van der Waals surface area contributed by atoms with Crippen LogP contribution in [0.1, 0.15) is 12.7 Å². The van der Waals surface area contributed by atoms with E-state index in [1.165, 1.54) is 6.07 Å². The average Bonchev–Trinajstić information content (AvgIpc) is 3.02. The molecule has 0 saturated heterocycles. The molecule has 0 amide bonds. The van der Waals surface area contributed by atoms with Crippen molar-refractivity contribution in [2.24, 2.45) is 0 Å². The fourth-order valence-corrected chi connectivity index (χ4v) is 2.82. The molecule has 2 aromatic heterocycles. The van der Waals surface area contributed by atoms with Crippen molar-refractivity contribution in [3.05, 3.63) is 42.2 Å². The van der Waals surface area contributed by atoms with Crippen molar-refractivity contribution in [1.82, 2.24) is 19.5 Å². The Kier molecular flexibility index (Phi) is 3.25. The van der Waals surface area contributed by atoms with E-state index in [2.05, 4.69) is 26.4 Å². The minimum absolute atomic E-state index is 0.292.